The zero-order valence-corrected chi connectivity index (χ0v) is 9.66. The van der Waals surface area contributed by atoms with Crippen molar-refractivity contribution >= 4 is 11.8 Å². The van der Waals surface area contributed by atoms with Gasteiger partial charge in [0.25, 0.3) is 11.8 Å². The van der Waals surface area contributed by atoms with Crippen molar-refractivity contribution in [3.05, 3.63) is 0 Å². The molecule has 0 spiro atoms. The van der Waals surface area contributed by atoms with Crippen LogP contribution in [-0.2, 0) is 14.3 Å². The van der Waals surface area contributed by atoms with Crippen LogP contribution in [0.25, 0.3) is 0 Å². The van der Waals surface area contributed by atoms with Gasteiger partial charge in [0.05, 0.1) is 0 Å². The molecule has 0 aliphatic heterocycles. The lowest BCUT2D eigenvalue weighted by Crippen LogP contribution is -2.65. The van der Waals surface area contributed by atoms with Gasteiger partial charge in [0.15, 0.2) is 0 Å². The first-order chi connectivity index (χ1) is 9.34. The van der Waals surface area contributed by atoms with Gasteiger partial charge in [-0.25, -0.2) is 0 Å². The van der Waals surface area contributed by atoms with Gasteiger partial charge in [0.2, 0.25) is 0 Å². The molecule has 0 aliphatic rings. The summed E-state index contributed by atoms with van der Waals surface area (Å²) in [6.45, 7) is 0. The third kappa shape index (κ3) is 2.89. The Morgan fingerprint density at radius 3 is 1.32 bits per heavy atom. The minimum Gasteiger partial charge on any atom is -0.364 e. The maximum Gasteiger partial charge on any atom is 0.458 e. The third-order valence-electron chi connectivity index (χ3n) is 2.02. The topological polar surface area (TPSA) is 95.4 Å². The van der Waals surface area contributed by atoms with Crippen LogP contribution in [-0.4, -0.2) is 41.8 Å². The Labute approximate surface area is 113 Å². The summed E-state index contributed by atoms with van der Waals surface area (Å²) < 4.78 is 128. The van der Waals surface area contributed by atoms with Crippen molar-refractivity contribution < 1.29 is 58.2 Å². The second-order valence-electron chi connectivity index (χ2n) is 3.59. The average molecular weight is 354 g/mol. The fraction of sp³-hybridized carbons (Fsp3) is 0.714. The highest BCUT2D eigenvalue weighted by Crippen LogP contribution is 2.50. The number of carbonyl (C=O) groups is 2. The molecule has 0 bridgehead atoms. The Morgan fingerprint density at radius 2 is 1.09 bits per heavy atom. The van der Waals surface area contributed by atoms with Gasteiger partial charge in [-0.2, -0.15) is 43.9 Å². The quantitative estimate of drug-likeness (QED) is 0.699. The molecule has 22 heavy (non-hydrogen) atoms. The molecular formula is C7H4F10N2O3. The molecule has 0 rings (SSSR count). The summed E-state index contributed by atoms with van der Waals surface area (Å²) in [6.07, 6.45) is -13.7. The second kappa shape index (κ2) is 5.13. The first-order valence-electron chi connectivity index (χ1n) is 4.53. The SMILES string of the molecule is NC(=O)C(F)(F)C(F)(F)C(F)(F)O[C@](F)(C(N)=O)C(F)(F)F. The van der Waals surface area contributed by atoms with E-state index in [0.29, 0.717) is 0 Å². The molecule has 0 radical (unpaired) electrons. The predicted octanol–water partition coefficient (Wildman–Crippen LogP) is 1.07. The van der Waals surface area contributed by atoms with Crippen molar-refractivity contribution in [3.63, 3.8) is 0 Å². The van der Waals surface area contributed by atoms with E-state index in [1.54, 1.807) is 0 Å². The average Bonchev–Trinajstić information content (AvgIpc) is 2.25. The highest BCUT2D eigenvalue weighted by Gasteiger charge is 2.80. The maximum absolute atomic E-state index is 13.0. The summed E-state index contributed by atoms with van der Waals surface area (Å²) in [6, 6.07) is 0. The summed E-state index contributed by atoms with van der Waals surface area (Å²) in [7, 11) is 0. The van der Waals surface area contributed by atoms with Crippen LogP contribution >= 0.6 is 0 Å². The van der Waals surface area contributed by atoms with Crippen LogP contribution in [0.1, 0.15) is 0 Å². The molecule has 0 aromatic heterocycles. The van der Waals surface area contributed by atoms with Gasteiger partial charge in [-0.15, -0.1) is 0 Å². The Bertz CT molecular complexity index is 476. The largest absolute Gasteiger partial charge is 0.458 e. The zero-order valence-electron chi connectivity index (χ0n) is 9.66. The number of hydrogen-bond donors (Lipinski definition) is 2. The lowest BCUT2D eigenvalue weighted by Gasteiger charge is -2.34. The van der Waals surface area contributed by atoms with Crippen LogP contribution in [0.3, 0.4) is 0 Å². The number of alkyl halides is 10. The van der Waals surface area contributed by atoms with E-state index in [-0.39, 0.29) is 0 Å². The molecule has 0 aromatic carbocycles. The van der Waals surface area contributed by atoms with E-state index >= 15 is 0 Å². The van der Waals surface area contributed by atoms with E-state index in [2.05, 4.69) is 11.5 Å². The Kier molecular flexibility index (Phi) is 4.71. The lowest BCUT2D eigenvalue weighted by atomic mass is 10.1. The Balaban J connectivity index is 5.96. The van der Waals surface area contributed by atoms with Gasteiger partial charge in [0.1, 0.15) is 0 Å². The number of nitrogens with two attached hydrogens (primary N) is 2. The summed E-state index contributed by atoms with van der Waals surface area (Å²) in [4.78, 5) is 20.2. The van der Waals surface area contributed by atoms with Gasteiger partial charge in [-0.3, -0.25) is 14.3 Å². The number of ether oxygens (including phenoxy) is 1. The summed E-state index contributed by atoms with van der Waals surface area (Å²) >= 11 is 0. The van der Waals surface area contributed by atoms with Crippen molar-refractivity contribution in [2.45, 2.75) is 30.0 Å². The molecule has 15 heteroatoms. The fourth-order valence-electron chi connectivity index (χ4n) is 0.826. The van der Waals surface area contributed by atoms with Crippen LogP contribution < -0.4 is 11.5 Å². The van der Waals surface area contributed by atoms with Crippen molar-refractivity contribution in [1.29, 1.82) is 0 Å². The molecule has 130 valence electrons. The highest BCUT2D eigenvalue weighted by atomic mass is 19.4. The minimum absolute atomic E-state index is 1.92. The summed E-state index contributed by atoms with van der Waals surface area (Å²) in [5, 5.41) is 0. The van der Waals surface area contributed by atoms with Crippen molar-refractivity contribution in [2.24, 2.45) is 11.5 Å². The van der Waals surface area contributed by atoms with Gasteiger partial charge < -0.3 is 11.5 Å². The van der Waals surface area contributed by atoms with Crippen LogP contribution in [0.2, 0.25) is 0 Å². The van der Waals surface area contributed by atoms with Crippen molar-refractivity contribution in [1.82, 2.24) is 0 Å². The Hall–Kier alpha value is -1.80. The van der Waals surface area contributed by atoms with Gasteiger partial charge in [-0.05, 0) is 0 Å². The van der Waals surface area contributed by atoms with E-state index in [9.17, 15) is 53.5 Å². The molecule has 0 heterocycles. The second-order valence-corrected chi connectivity index (χ2v) is 3.59. The number of hydrogen-bond acceptors (Lipinski definition) is 3. The molecule has 2 amide bonds. The van der Waals surface area contributed by atoms with E-state index in [4.69, 9.17) is 0 Å². The van der Waals surface area contributed by atoms with Crippen molar-refractivity contribution in [3.8, 4) is 0 Å². The van der Waals surface area contributed by atoms with E-state index < -0.39 is 41.8 Å². The molecular weight excluding hydrogens is 350 g/mol. The fourth-order valence-corrected chi connectivity index (χ4v) is 0.826. The molecule has 0 unspecified atom stereocenters. The summed E-state index contributed by atoms with van der Waals surface area (Å²) in [5.41, 5.74) is 7.46. The van der Waals surface area contributed by atoms with Crippen LogP contribution in [0, 0.1) is 0 Å². The van der Waals surface area contributed by atoms with E-state index in [1.807, 2.05) is 4.74 Å². The predicted molar refractivity (Wildman–Crippen MR) is 44.2 cm³/mol. The lowest BCUT2D eigenvalue weighted by molar-refractivity contribution is -0.454. The smallest absolute Gasteiger partial charge is 0.364 e. The number of halogens is 10. The first kappa shape index (κ1) is 20.2. The standard InChI is InChI=1S/C7H4F10N2O3/c8-3(9,1(18)20)5(11,12)7(16,17)22-4(10,2(19)21)6(13,14)15/h(H2,18,20)(H2,19,21)/t4-/m1/s1. The van der Waals surface area contributed by atoms with Crippen molar-refractivity contribution in [2.75, 3.05) is 0 Å². The number of rotatable bonds is 6. The molecule has 0 saturated carbocycles. The molecule has 0 aliphatic carbocycles. The minimum atomic E-state index is -7.04. The van der Waals surface area contributed by atoms with Crippen LogP contribution in [0.4, 0.5) is 43.9 Å². The van der Waals surface area contributed by atoms with Crippen LogP contribution in [0.5, 0.6) is 0 Å². The molecule has 0 aromatic rings. The summed E-state index contributed by atoms with van der Waals surface area (Å²) in [5.74, 6) is -26.5. The zero-order chi connectivity index (χ0) is 18.4. The first-order valence-corrected chi connectivity index (χ1v) is 4.53. The number of primary amides is 2. The van der Waals surface area contributed by atoms with Crippen LogP contribution in [0.15, 0.2) is 0 Å². The molecule has 5 nitrogen and oxygen atoms in total. The molecule has 1 atom stereocenters. The van der Waals surface area contributed by atoms with E-state index in [0.717, 1.165) is 0 Å². The van der Waals surface area contributed by atoms with Gasteiger partial charge in [0, 0.05) is 0 Å². The highest BCUT2D eigenvalue weighted by molar-refractivity contribution is 5.83. The van der Waals surface area contributed by atoms with E-state index in [1.165, 1.54) is 0 Å². The Morgan fingerprint density at radius 1 is 0.727 bits per heavy atom. The monoisotopic (exact) mass is 354 g/mol. The molecule has 0 saturated heterocycles. The molecule has 0 fully saturated rings. The maximum atomic E-state index is 13.0. The number of carbonyl (C=O) groups excluding carboxylic acids is 2. The van der Waals surface area contributed by atoms with Gasteiger partial charge >= 0.3 is 30.0 Å². The van der Waals surface area contributed by atoms with Gasteiger partial charge in [-0.1, -0.05) is 0 Å². The number of amides is 2. The molecule has 4 N–H and O–H groups in total. The normalized spacial score (nSPS) is 17.0. The third-order valence-corrected chi connectivity index (χ3v) is 2.02.